The number of fused-ring (bicyclic) bond motifs is 3. The highest BCUT2D eigenvalue weighted by molar-refractivity contribution is 6.22. The van der Waals surface area contributed by atoms with E-state index >= 15 is 0 Å². The number of benzene rings is 2. The molecule has 3 amide bonds. The SMILES string of the molecule is CC1C(=O)N(C(=O)[C@H](C)NC(=O)CCC2CCCCC2)c2cccc(N)c2-c2ccccc21. The number of nitrogen functional groups attached to an aromatic ring is 1. The highest BCUT2D eigenvalue weighted by Gasteiger charge is 2.37. The molecular formula is C27H33N3O3. The Hall–Kier alpha value is -3.15. The van der Waals surface area contributed by atoms with Crippen molar-refractivity contribution >= 4 is 29.1 Å². The number of carbonyl (C=O) groups excluding carboxylic acids is 3. The van der Waals surface area contributed by atoms with Crippen molar-refractivity contribution in [2.24, 2.45) is 5.92 Å². The zero-order chi connectivity index (χ0) is 23.5. The van der Waals surface area contributed by atoms with E-state index in [1.54, 1.807) is 32.0 Å². The number of amides is 3. The fraction of sp³-hybridized carbons (Fsp3) is 0.444. The number of hydrogen-bond donors (Lipinski definition) is 2. The van der Waals surface area contributed by atoms with Crippen LogP contribution in [0.1, 0.15) is 70.3 Å². The highest BCUT2D eigenvalue weighted by Crippen LogP contribution is 2.44. The zero-order valence-electron chi connectivity index (χ0n) is 19.5. The standard InChI is InChI=1S/C27H33N3O3/c1-17-20-11-6-7-12-21(20)25-22(28)13-8-14-23(25)30(26(17)32)27(33)18(2)29-24(31)16-15-19-9-4-3-5-10-19/h6-8,11-14,17-19H,3-5,9-10,15-16,28H2,1-2H3,(H,29,31)/t17?,18-/m0/s1. The molecule has 4 rings (SSSR count). The van der Waals surface area contributed by atoms with Crippen molar-refractivity contribution in [3.05, 3.63) is 48.0 Å². The maximum absolute atomic E-state index is 13.5. The Morgan fingerprint density at radius 2 is 1.82 bits per heavy atom. The van der Waals surface area contributed by atoms with Crippen molar-refractivity contribution < 1.29 is 14.4 Å². The summed E-state index contributed by atoms with van der Waals surface area (Å²) in [7, 11) is 0. The van der Waals surface area contributed by atoms with Gasteiger partial charge in [-0.25, -0.2) is 4.90 Å². The average Bonchev–Trinajstić information content (AvgIpc) is 2.92. The quantitative estimate of drug-likeness (QED) is 0.645. The summed E-state index contributed by atoms with van der Waals surface area (Å²) in [6.45, 7) is 3.44. The van der Waals surface area contributed by atoms with Gasteiger partial charge in [0.2, 0.25) is 11.8 Å². The Morgan fingerprint density at radius 3 is 2.58 bits per heavy atom. The Balaban J connectivity index is 1.56. The fourth-order valence-corrected chi connectivity index (χ4v) is 5.19. The number of nitrogens with one attached hydrogen (secondary N) is 1. The van der Waals surface area contributed by atoms with Crippen molar-refractivity contribution in [3.8, 4) is 11.1 Å². The number of imide groups is 1. The van der Waals surface area contributed by atoms with Gasteiger partial charge >= 0.3 is 0 Å². The first-order valence-electron chi connectivity index (χ1n) is 12.0. The fourth-order valence-electron chi connectivity index (χ4n) is 5.19. The maximum Gasteiger partial charge on any atom is 0.256 e. The third kappa shape index (κ3) is 4.65. The predicted octanol–water partition coefficient (Wildman–Crippen LogP) is 4.78. The average molecular weight is 448 g/mol. The molecule has 1 heterocycles. The number of nitrogens with zero attached hydrogens (tertiary/aromatic N) is 1. The molecule has 0 bridgehead atoms. The van der Waals surface area contributed by atoms with Crippen LogP contribution in [0.3, 0.4) is 0 Å². The van der Waals surface area contributed by atoms with Crippen LogP contribution in [-0.4, -0.2) is 23.8 Å². The highest BCUT2D eigenvalue weighted by atomic mass is 16.2. The predicted molar refractivity (Wildman–Crippen MR) is 131 cm³/mol. The summed E-state index contributed by atoms with van der Waals surface area (Å²) in [5.74, 6) is -0.839. The first-order valence-corrected chi connectivity index (χ1v) is 12.0. The Morgan fingerprint density at radius 1 is 1.09 bits per heavy atom. The van der Waals surface area contributed by atoms with Gasteiger partial charge in [0.1, 0.15) is 6.04 Å². The van der Waals surface area contributed by atoms with Gasteiger partial charge in [0.25, 0.3) is 5.91 Å². The van der Waals surface area contributed by atoms with Gasteiger partial charge in [-0.3, -0.25) is 14.4 Å². The summed E-state index contributed by atoms with van der Waals surface area (Å²) < 4.78 is 0. The molecule has 1 aliphatic heterocycles. The summed E-state index contributed by atoms with van der Waals surface area (Å²) in [4.78, 5) is 40.8. The second kappa shape index (κ2) is 9.77. The lowest BCUT2D eigenvalue weighted by Crippen LogP contribution is -2.50. The second-order valence-corrected chi connectivity index (χ2v) is 9.39. The van der Waals surface area contributed by atoms with E-state index in [0.29, 0.717) is 29.3 Å². The summed E-state index contributed by atoms with van der Waals surface area (Å²) in [5.41, 5.74) is 9.66. The molecule has 6 nitrogen and oxygen atoms in total. The van der Waals surface area contributed by atoms with E-state index in [0.717, 1.165) is 17.5 Å². The van der Waals surface area contributed by atoms with Crippen LogP contribution in [0.2, 0.25) is 0 Å². The van der Waals surface area contributed by atoms with E-state index in [1.165, 1.54) is 37.0 Å². The molecule has 1 fully saturated rings. The molecule has 1 aliphatic carbocycles. The number of hydrogen-bond acceptors (Lipinski definition) is 4. The van der Waals surface area contributed by atoms with Gasteiger partial charge in [0, 0.05) is 17.7 Å². The van der Waals surface area contributed by atoms with Crippen molar-refractivity contribution in [2.45, 2.75) is 70.8 Å². The third-order valence-corrected chi connectivity index (χ3v) is 7.08. The second-order valence-electron chi connectivity index (χ2n) is 9.39. The van der Waals surface area contributed by atoms with E-state index in [4.69, 9.17) is 5.73 Å². The summed E-state index contributed by atoms with van der Waals surface area (Å²) in [6, 6.07) is 12.1. The lowest BCUT2D eigenvalue weighted by molar-refractivity contribution is -0.131. The minimum atomic E-state index is -0.824. The summed E-state index contributed by atoms with van der Waals surface area (Å²) >= 11 is 0. The molecule has 6 heteroatoms. The van der Waals surface area contributed by atoms with Crippen molar-refractivity contribution in [3.63, 3.8) is 0 Å². The third-order valence-electron chi connectivity index (χ3n) is 7.08. The smallest absolute Gasteiger partial charge is 0.256 e. The van der Waals surface area contributed by atoms with Gasteiger partial charge in [-0.05, 0) is 49.4 Å². The van der Waals surface area contributed by atoms with Crippen LogP contribution in [0.25, 0.3) is 11.1 Å². The zero-order valence-corrected chi connectivity index (χ0v) is 19.5. The molecule has 1 unspecified atom stereocenters. The van der Waals surface area contributed by atoms with E-state index in [9.17, 15) is 14.4 Å². The van der Waals surface area contributed by atoms with Crippen LogP contribution in [0.4, 0.5) is 11.4 Å². The van der Waals surface area contributed by atoms with Crippen LogP contribution < -0.4 is 16.0 Å². The molecule has 2 atom stereocenters. The number of anilines is 2. The number of rotatable bonds is 5. The van der Waals surface area contributed by atoms with Gasteiger partial charge in [-0.2, -0.15) is 0 Å². The molecule has 1 saturated carbocycles. The van der Waals surface area contributed by atoms with Gasteiger partial charge in [-0.15, -0.1) is 0 Å². The lowest BCUT2D eigenvalue weighted by atomic mass is 9.86. The molecule has 0 radical (unpaired) electrons. The first kappa shape index (κ1) is 23.0. The molecule has 2 aromatic rings. The Labute approximate surface area is 195 Å². The number of carbonyl (C=O) groups is 3. The largest absolute Gasteiger partial charge is 0.398 e. The summed E-state index contributed by atoms with van der Waals surface area (Å²) in [6.07, 6.45) is 7.37. The molecule has 33 heavy (non-hydrogen) atoms. The Kier molecular flexibility index (Phi) is 6.82. The van der Waals surface area contributed by atoms with Crippen LogP contribution in [-0.2, 0) is 14.4 Å². The van der Waals surface area contributed by atoms with E-state index in [-0.39, 0.29) is 11.8 Å². The molecule has 2 aromatic carbocycles. The van der Waals surface area contributed by atoms with Crippen molar-refractivity contribution in [2.75, 3.05) is 10.6 Å². The minimum Gasteiger partial charge on any atom is -0.398 e. The van der Waals surface area contributed by atoms with Crippen molar-refractivity contribution in [1.29, 1.82) is 0 Å². The minimum absolute atomic E-state index is 0.146. The summed E-state index contributed by atoms with van der Waals surface area (Å²) in [5, 5.41) is 2.83. The molecule has 3 N–H and O–H groups in total. The van der Waals surface area contributed by atoms with Crippen LogP contribution in [0, 0.1) is 5.92 Å². The first-order chi connectivity index (χ1) is 15.9. The van der Waals surface area contributed by atoms with Crippen LogP contribution >= 0.6 is 0 Å². The molecule has 174 valence electrons. The monoisotopic (exact) mass is 447 g/mol. The van der Waals surface area contributed by atoms with Gasteiger partial charge in [0.05, 0.1) is 11.6 Å². The van der Waals surface area contributed by atoms with E-state index in [1.807, 2.05) is 24.3 Å². The molecule has 0 aromatic heterocycles. The maximum atomic E-state index is 13.5. The van der Waals surface area contributed by atoms with Crippen LogP contribution in [0.5, 0.6) is 0 Å². The Bertz CT molecular complexity index is 1060. The molecular weight excluding hydrogens is 414 g/mol. The van der Waals surface area contributed by atoms with Gasteiger partial charge < -0.3 is 11.1 Å². The lowest BCUT2D eigenvalue weighted by Gasteiger charge is -2.27. The number of nitrogens with two attached hydrogens (primary N) is 1. The van der Waals surface area contributed by atoms with E-state index < -0.39 is 17.9 Å². The van der Waals surface area contributed by atoms with Crippen LogP contribution in [0.15, 0.2) is 42.5 Å². The topological polar surface area (TPSA) is 92.5 Å². The van der Waals surface area contributed by atoms with Crippen molar-refractivity contribution in [1.82, 2.24) is 5.32 Å². The molecule has 2 aliphatic rings. The van der Waals surface area contributed by atoms with Gasteiger partial charge in [0.15, 0.2) is 0 Å². The van der Waals surface area contributed by atoms with Gasteiger partial charge in [-0.1, -0.05) is 62.4 Å². The molecule has 0 spiro atoms. The molecule has 0 saturated heterocycles. The normalized spacial score (nSPS) is 19.3. The van der Waals surface area contributed by atoms with E-state index in [2.05, 4.69) is 5.32 Å².